The molecule has 0 spiro atoms. The van der Waals surface area contributed by atoms with Gasteiger partial charge in [-0.1, -0.05) is 12.8 Å². The third kappa shape index (κ3) is 3.75. The second-order valence-corrected chi connectivity index (χ2v) is 3.87. The zero-order valence-corrected chi connectivity index (χ0v) is 7.82. The Kier molecular flexibility index (Phi) is 3.58. The van der Waals surface area contributed by atoms with E-state index in [1.54, 1.807) is 0 Å². The van der Waals surface area contributed by atoms with Crippen LogP contribution >= 0.6 is 0 Å². The normalized spacial score (nSPS) is 18.7. The fraction of sp³-hybridized carbons (Fsp3) is 0.800. The van der Waals surface area contributed by atoms with E-state index in [9.17, 15) is 0 Å². The molecule has 0 saturated heterocycles. The van der Waals surface area contributed by atoms with Crippen molar-refractivity contribution in [1.29, 1.82) is 0 Å². The van der Waals surface area contributed by atoms with Crippen LogP contribution in [0, 0.1) is 17.8 Å². The van der Waals surface area contributed by atoms with Gasteiger partial charge in [-0.25, -0.2) is 0 Å². The van der Waals surface area contributed by atoms with Gasteiger partial charge in [0.05, 0.1) is 6.54 Å². The van der Waals surface area contributed by atoms with E-state index in [-0.39, 0.29) is 0 Å². The van der Waals surface area contributed by atoms with E-state index in [2.05, 4.69) is 23.5 Å². The third-order valence-electron chi connectivity index (χ3n) is 2.36. The van der Waals surface area contributed by atoms with E-state index in [1.807, 2.05) is 0 Å². The topological polar surface area (TPSA) is 24.1 Å². The molecule has 1 saturated carbocycles. The molecule has 0 aliphatic heterocycles. The maximum atomic E-state index is 5.09. The van der Waals surface area contributed by atoms with Gasteiger partial charge in [-0.05, 0) is 18.3 Å². The van der Waals surface area contributed by atoms with Crippen LogP contribution in [0.4, 0.5) is 0 Å². The molecule has 0 atom stereocenters. The molecule has 0 heterocycles. The van der Waals surface area contributed by atoms with E-state index in [1.165, 1.54) is 12.8 Å². The highest BCUT2D eigenvalue weighted by Gasteiger charge is 2.36. The molecule has 1 aliphatic carbocycles. The first-order valence-corrected chi connectivity index (χ1v) is 4.62. The molecule has 0 radical (unpaired) electrons. The summed E-state index contributed by atoms with van der Waals surface area (Å²) in [5, 5.41) is 6.56. The summed E-state index contributed by atoms with van der Waals surface area (Å²) in [6, 6.07) is 0. The molecule has 68 valence electrons. The lowest BCUT2D eigenvalue weighted by molar-refractivity contribution is 0.496. The summed E-state index contributed by atoms with van der Waals surface area (Å²) in [4.78, 5) is 0. The second kappa shape index (κ2) is 4.49. The summed E-state index contributed by atoms with van der Waals surface area (Å²) in [5.74, 6) is 2.55. The quantitative estimate of drug-likeness (QED) is 0.446. The van der Waals surface area contributed by atoms with Crippen molar-refractivity contribution < 1.29 is 0 Å². The Morgan fingerprint density at radius 3 is 2.58 bits per heavy atom. The molecular formula is C10H18N2. The van der Waals surface area contributed by atoms with E-state index < -0.39 is 0 Å². The molecule has 1 aliphatic rings. The minimum atomic E-state index is 0.617. The molecule has 2 heteroatoms. The van der Waals surface area contributed by atoms with Crippen molar-refractivity contribution in [2.45, 2.75) is 19.8 Å². The molecule has 0 aromatic heterocycles. The maximum absolute atomic E-state index is 5.09. The first kappa shape index (κ1) is 9.57. The van der Waals surface area contributed by atoms with Crippen LogP contribution in [0.3, 0.4) is 0 Å². The molecule has 0 aromatic carbocycles. The van der Waals surface area contributed by atoms with Crippen molar-refractivity contribution in [1.82, 2.24) is 10.6 Å². The zero-order valence-electron chi connectivity index (χ0n) is 7.82. The van der Waals surface area contributed by atoms with Gasteiger partial charge in [0.2, 0.25) is 0 Å². The average Bonchev–Trinajstić information content (AvgIpc) is 2.77. The van der Waals surface area contributed by atoms with Crippen LogP contribution in [-0.2, 0) is 0 Å². The lowest BCUT2D eigenvalue weighted by Gasteiger charge is -2.09. The Balaban J connectivity index is 1.81. The molecule has 1 fully saturated rings. The summed E-state index contributed by atoms with van der Waals surface area (Å²) in [5.41, 5.74) is 0.617. The summed E-state index contributed by atoms with van der Waals surface area (Å²) >= 11 is 0. The van der Waals surface area contributed by atoms with Crippen molar-refractivity contribution >= 4 is 0 Å². The van der Waals surface area contributed by atoms with Crippen molar-refractivity contribution in [3.05, 3.63) is 0 Å². The monoisotopic (exact) mass is 166 g/mol. The van der Waals surface area contributed by atoms with Crippen molar-refractivity contribution in [3.63, 3.8) is 0 Å². The Labute approximate surface area is 75.1 Å². The first-order chi connectivity index (χ1) is 5.77. The summed E-state index contributed by atoms with van der Waals surface area (Å²) in [6.07, 6.45) is 7.86. The highest BCUT2D eigenvalue weighted by Crippen LogP contribution is 2.43. The molecule has 2 nitrogen and oxygen atoms in total. The Morgan fingerprint density at radius 1 is 1.33 bits per heavy atom. The molecule has 12 heavy (non-hydrogen) atoms. The number of hydrogen-bond donors (Lipinski definition) is 2. The summed E-state index contributed by atoms with van der Waals surface area (Å²) < 4.78 is 0. The van der Waals surface area contributed by atoms with Crippen LogP contribution in [0.2, 0.25) is 0 Å². The standard InChI is InChI=1S/C10H18N2/c1-3-6-11-7-8-12-9-10(2)4-5-10/h1,11-12H,4-9H2,2H3. The largest absolute Gasteiger partial charge is 0.315 e. The lowest BCUT2D eigenvalue weighted by atomic mass is 10.1. The molecule has 0 unspecified atom stereocenters. The van der Waals surface area contributed by atoms with E-state index in [4.69, 9.17) is 6.42 Å². The van der Waals surface area contributed by atoms with Gasteiger partial charge >= 0.3 is 0 Å². The SMILES string of the molecule is C#CCNCCNCC1(C)CC1. The first-order valence-electron chi connectivity index (χ1n) is 4.62. The summed E-state index contributed by atoms with van der Waals surface area (Å²) in [6.45, 7) is 6.16. The van der Waals surface area contributed by atoms with Gasteiger partial charge in [0.15, 0.2) is 0 Å². The van der Waals surface area contributed by atoms with Gasteiger partial charge in [-0.2, -0.15) is 0 Å². The van der Waals surface area contributed by atoms with Gasteiger partial charge < -0.3 is 10.6 Å². The fourth-order valence-corrected chi connectivity index (χ4v) is 1.12. The van der Waals surface area contributed by atoms with E-state index >= 15 is 0 Å². The average molecular weight is 166 g/mol. The van der Waals surface area contributed by atoms with Crippen molar-refractivity contribution in [2.24, 2.45) is 5.41 Å². The third-order valence-corrected chi connectivity index (χ3v) is 2.36. The highest BCUT2D eigenvalue weighted by molar-refractivity contribution is 4.90. The fourth-order valence-electron chi connectivity index (χ4n) is 1.12. The van der Waals surface area contributed by atoms with Crippen LogP contribution < -0.4 is 10.6 Å². The van der Waals surface area contributed by atoms with Gasteiger partial charge in [0.1, 0.15) is 0 Å². The number of rotatable bonds is 6. The molecule has 1 rings (SSSR count). The van der Waals surface area contributed by atoms with Crippen molar-refractivity contribution in [3.8, 4) is 12.3 Å². The predicted octanol–water partition coefficient (Wildman–Crippen LogP) is 0.599. The number of hydrogen-bond acceptors (Lipinski definition) is 2. The second-order valence-electron chi connectivity index (χ2n) is 3.87. The van der Waals surface area contributed by atoms with Crippen LogP contribution in [0.1, 0.15) is 19.8 Å². The van der Waals surface area contributed by atoms with Crippen LogP contribution in [0.15, 0.2) is 0 Å². The Hall–Kier alpha value is -0.520. The molecule has 0 amide bonds. The number of nitrogens with one attached hydrogen (secondary N) is 2. The van der Waals surface area contributed by atoms with Gasteiger partial charge in [0, 0.05) is 19.6 Å². The number of terminal acetylenes is 1. The maximum Gasteiger partial charge on any atom is 0.0574 e. The zero-order chi connectivity index (χ0) is 8.86. The van der Waals surface area contributed by atoms with Gasteiger partial charge in [-0.15, -0.1) is 6.42 Å². The van der Waals surface area contributed by atoms with Gasteiger partial charge in [-0.3, -0.25) is 0 Å². The predicted molar refractivity (Wildman–Crippen MR) is 51.9 cm³/mol. The van der Waals surface area contributed by atoms with Crippen LogP contribution in [0.25, 0.3) is 0 Å². The Morgan fingerprint density at radius 2 is 2.00 bits per heavy atom. The van der Waals surface area contributed by atoms with Crippen LogP contribution in [0.5, 0.6) is 0 Å². The van der Waals surface area contributed by atoms with E-state index in [0.717, 1.165) is 19.6 Å². The minimum absolute atomic E-state index is 0.617. The summed E-state index contributed by atoms with van der Waals surface area (Å²) in [7, 11) is 0. The van der Waals surface area contributed by atoms with Gasteiger partial charge in [0.25, 0.3) is 0 Å². The Bertz CT molecular complexity index is 165. The van der Waals surface area contributed by atoms with Crippen LogP contribution in [-0.4, -0.2) is 26.2 Å². The van der Waals surface area contributed by atoms with Crippen molar-refractivity contribution in [2.75, 3.05) is 26.2 Å². The molecule has 2 N–H and O–H groups in total. The minimum Gasteiger partial charge on any atom is -0.315 e. The van der Waals surface area contributed by atoms with E-state index in [0.29, 0.717) is 12.0 Å². The lowest BCUT2D eigenvalue weighted by Crippen LogP contribution is -2.30. The molecular weight excluding hydrogens is 148 g/mol. The molecule has 0 bridgehead atoms. The highest BCUT2D eigenvalue weighted by atomic mass is 14.9. The smallest absolute Gasteiger partial charge is 0.0574 e. The molecule has 0 aromatic rings.